The van der Waals surface area contributed by atoms with Crippen LogP contribution in [-0.4, -0.2) is 46.1 Å². The van der Waals surface area contributed by atoms with E-state index in [2.05, 4.69) is 9.80 Å². The molecule has 0 aromatic heterocycles. The lowest BCUT2D eigenvalue weighted by molar-refractivity contribution is -0.177. The Morgan fingerprint density at radius 2 is 0.433 bits per heavy atom. The molecule has 0 bridgehead atoms. The van der Waals surface area contributed by atoms with Gasteiger partial charge in [0, 0.05) is 36.3 Å². The second-order valence-corrected chi connectivity index (χ2v) is 25.4. The highest BCUT2D eigenvalue weighted by atomic mass is 15.2. The van der Waals surface area contributed by atoms with Gasteiger partial charge in [-0.25, -0.2) is 0 Å². The largest absolute Gasteiger partial charge is 0.294 e. The molecule has 11 aliphatic rings. The zero-order valence-corrected chi connectivity index (χ0v) is 39.6. The van der Waals surface area contributed by atoms with E-state index in [1.165, 1.54) is 128 Å². The zero-order chi connectivity index (χ0) is 39.8. The first-order valence-electron chi connectivity index (χ1n) is 29.3. The quantitative estimate of drug-likeness (QED) is 0.241. The van der Waals surface area contributed by atoms with Crippen LogP contribution in [0.5, 0.6) is 0 Å². The summed E-state index contributed by atoms with van der Waals surface area (Å²) in [6.45, 7) is 0. The van der Waals surface area contributed by atoms with Gasteiger partial charge in [-0.05, 0) is 212 Å². The minimum absolute atomic E-state index is 0.926. The molecular weight excluding hydrogens is 725 g/mol. The lowest BCUT2D eigenvalue weighted by Gasteiger charge is -2.66. The van der Waals surface area contributed by atoms with Crippen LogP contribution in [0.25, 0.3) is 0 Å². The number of hydrogen-bond acceptors (Lipinski definition) is 2. The Morgan fingerprint density at radius 3 is 0.767 bits per heavy atom. The van der Waals surface area contributed by atoms with Crippen LogP contribution >= 0.6 is 0 Å². The van der Waals surface area contributed by atoms with Crippen LogP contribution in [0.3, 0.4) is 0 Å². The molecule has 0 saturated heterocycles. The van der Waals surface area contributed by atoms with E-state index in [-0.39, 0.29) is 0 Å². The summed E-state index contributed by atoms with van der Waals surface area (Å²) in [6, 6.07) is 5.59. The van der Waals surface area contributed by atoms with Gasteiger partial charge in [-0.3, -0.25) is 9.80 Å². The Bertz CT molecular complexity index is 1170. The average molecular weight is 823 g/mol. The molecule has 0 aromatic rings. The zero-order valence-electron chi connectivity index (χ0n) is 39.6. The van der Waals surface area contributed by atoms with Gasteiger partial charge >= 0.3 is 0 Å². The van der Waals surface area contributed by atoms with Crippen LogP contribution in [0.2, 0.25) is 0 Å². The molecule has 0 amide bonds. The lowest BCUT2D eigenvalue weighted by atomic mass is 9.39. The van der Waals surface area contributed by atoms with Crippen molar-refractivity contribution in [3.05, 3.63) is 0 Å². The molecule has 0 heterocycles. The highest BCUT2D eigenvalue weighted by Crippen LogP contribution is 2.68. The number of fused-ring (bicyclic) bond motifs is 6. The van der Waals surface area contributed by atoms with Crippen molar-refractivity contribution in [3.8, 4) is 0 Å². The molecule has 11 rings (SSSR count). The maximum absolute atomic E-state index is 3.31. The van der Waals surface area contributed by atoms with Crippen LogP contribution in [-0.2, 0) is 0 Å². The van der Waals surface area contributed by atoms with Crippen molar-refractivity contribution in [3.63, 3.8) is 0 Å². The van der Waals surface area contributed by atoms with Crippen molar-refractivity contribution < 1.29 is 0 Å². The Balaban J connectivity index is 0.873. The minimum atomic E-state index is 0.926. The minimum Gasteiger partial charge on any atom is -0.294 e. The summed E-state index contributed by atoms with van der Waals surface area (Å²) < 4.78 is 0. The normalized spacial score (nSPS) is 45.7. The third-order valence-electron chi connectivity index (χ3n) is 22.9. The van der Waals surface area contributed by atoms with Gasteiger partial charge in [0.25, 0.3) is 0 Å². The van der Waals surface area contributed by atoms with Gasteiger partial charge < -0.3 is 0 Å². The standard InChI is InChI=1S/C58H98N2/c1-5-19-45(20-6-1)59(46-21-7-2-8-22-46)49-35-29-43(30-36-49)55-53-39-33-42-18-14-16-28-52(42)58(53)56(54-40-34-41-17-13-15-27-51(41)57(54)55)44-31-37-50(38-32-44)60(47-23-9-3-10-24-47)48-25-11-4-12-26-48/h41-58H,1-40H2. The fourth-order valence-corrected chi connectivity index (χ4v) is 20.8. The van der Waals surface area contributed by atoms with Crippen molar-refractivity contribution in [2.24, 2.45) is 71.0 Å². The predicted octanol–water partition coefficient (Wildman–Crippen LogP) is 15.9. The molecule has 11 aliphatic carbocycles. The van der Waals surface area contributed by atoms with E-state index in [1.54, 1.807) is 128 Å². The van der Waals surface area contributed by atoms with Crippen molar-refractivity contribution in [2.45, 2.75) is 293 Å². The van der Waals surface area contributed by atoms with Crippen LogP contribution in [0.15, 0.2) is 0 Å². The van der Waals surface area contributed by atoms with Gasteiger partial charge in [0.05, 0.1) is 0 Å². The Hall–Kier alpha value is -0.0800. The molecule has 60 heavy (non-hydrogen) atoms. The molecular formula is C58H98N2. The van der Waals surface area contributed by atoms with E-state index in [4.69, 9.17) is 0 Å². The summed E-state index contributed by atoms with van der Waals surface area (Å²) in [5, 5.41) is 0. The number of nitrogens with zero attached hydrogens (tertiary/aromatic N) is 2. The van der Waals surface area contributed by atoms with Gasteiger partial charge in [0.2, 0.25) is 0 Å². The monoisotopic (exact) mass is 823 g/mol. The lowest BCUT2D eigenvalue weighted by Crippen LogP contribution is -2.60. The third-order valence-corrected chi connectivity index (χ3v) is 22.9. The molecule has 0 N–H and O–H groups in total. The van der Waals surface area contributed by atoms with Crippen LogP contribution in [0.1, 0.15) is 257 Å². The van der Waals surface area contributed by atoms with Crippen LogP contribution in [0, 0.1) is 71.0 Å². The summed E-state index contributed by atoms with van der Waals surface area (Å²) in [4.78, 5) is 6.62. The molecule has 10 unspecified atom stereocenters. The van der Waals surface area contributed by atoms with E-state index < -0.39 is 0 Å². The molecule has 0 spiro atoms. The maximum atomic E-state index is 3.31. The number of rotatable bonds is 8. The fraction of sp³-hybridized carbons (Fsp3) is 1.00. The van der Waals surface area contributed by atoms with Gasteiger partial charge in [0.1, 0.15) is 0 Å². The average Bonchev–Trinajstić information content (AvgIpc) is 3.33. The molecule has 11 fully saturated rings. The van der Waals surface area contributed by atoms with Crippen molar-refractivity contribution >= 4 is 0 Å². The van der Waals surface area contributed by atoms with Crippen molar-refractivity contribution in [2.75, 3.05) is 0 Å². The molecule has 2 heteroatoms. The summed E-state index contributed by atoms with van der Waals surface area (Å²) >= 11 is 0. The van der Waals surface area contributed by atoms with Gasteiger partial charge in [-0.1, -0.05) is 116 Å². The van der Waals surface area contributed by atoms with E-state index in [9.17, 15) is 0 Å². The highest BCUT2D eigenvalue weighted by Gasteiger charge is 2.61. The maximum Gasteiger partial charge on any atom is 0.0101 e. The molecule has 0 aliphatic heterocycles. The molecule has 2 nitrogen and oxygen atoms in total. The molecule has 0 radical (unpaired) electrons. The second kappa shape index (κ2) is 19.8. The van der Waals surface area contributed by atoms with E-state index >= 15 is 0 Å². The summed E-state index contributed by atoms with van der Waals surface area (Å²) in [6.07, 6.45) is 62.6. The Labute approximate surface area is 372 Å². The van der Waals surface area contributed by atoms with Crippen molar-refractivity contribution in [1.29, 1.82) is 0 Å². The van der Waals surface area contributed by atoms with E-state index in [0.717, 1.165) is 107 Å². The van der Waals surface area contributed by atoms with E-state index in [1.807, 2.05) is 0 Å². The molecule has 10 atom stereocenters. The second-order valence-electron chi connectivity index (χ2n) is 25.4. The molecule has 340 valence electrons. The Morgan fingerprint density at radius 1 is 0.167 bits per heavy atom. The first-order chi connectivity index (χ1) is 29.8. The van der Waals surface area contributed by atoms with Gasteiger partial charge in [0.15, 0.2) is 0 Å². The predicted molar refractivity (Wildman–Crippen MR) is 253 cm³/mol. The fourth-order valence-electron chi connectivity index (χ4n) is 20.8. The summed E-state index contributed by atoms with van der Waals surface area (Å²) in [7, 11) is 0. The van der Waals surface area contributed by atoms with Crippen LogP contribution < -0.4 is 0 Å². The molecule has 11 saturated carbocycles. The van der Waals surface area contributed by atoms with Crippen LogP contribution in [0.4, 0.5) is 0 Å². The topological polar surface area (TPSA) is 6.48 Å². The smallest absolute Gasteiger partial charge is 0.0101 e. The van der Waals surface area contributed by atoms with Gasteiger partial charge in [-0.2, -0.15) is 0 Å². The first kappa shape index (κ1) is 42.5. The first-order valence-corrected chi connectivity index (χ1v) is 29.3. The van der Waals surface area contributed by atoms with Gasteiger partial charge in [-0.15, -0.1) is 0 Å². The van der Waals surface area contributed by atoms with E-state index in [0.29, 0.717) is 0 Å². The third kappa shape index (κ3) is 8.58. The van der Waals surface area contributed by atoms with Crippen molar-refractivity contribution in [1.82, 2.24) is 9.80 Å². The summed E-state index contributed by atoms with van der Waals surface area (Å²) in [5.74, 6) is 13.2. The SMILES string of the molecule is C1CCC(N(C2CCCCC2)C2CCC(C3C4CCC5CCCCC5C4C(C4CCC(N(C5CCCCC5)C5CCCCC5)CC4)C4CCC5CCCCC5C43)CC2)CC1. The Kier molecular flexibility index (Phi) is 14.0. The highest BCUT2D eigenvalue weighted by molar-refractivity contribution is 5.10. The number of hydrogen-bond donors (Lipinski definition) is 0. The summed E-state index contributed by atoms with van der Waals surface area (Å²) in [5.41, 5.74) is 0. The molecule has 0 aromatic carbocycles.